The Hall–Kier alpha value is -1.43. The topological polar surface area (TPSA) is 85.0 Å². The fraction of sp³-hybridized carbons (Fsp3) is 0.526. The Balaban J connectivity index is 0.00000300. The lowest BCUT2D eigenvalue weighted by Crippen LogP contribution is -2.40. The summed E-state index contributed by atoms with van der Waals surface area (Å²) in [6.07, 6.45) is 1.08. The summed E-state index contributed by atoms with van der Waals surface area (Å²) in [5.74, 6) is 2.33. The van der Waals surface area contributed by atoms with Crippen LogP contribution in [0.15, 0.2) is 33.8 Å². The minimum Gasteiger partial charge on any atom is -0.382 e. The summed E-state index contributed by atoms with van der Waals surface area (Å²) in [6.45, 7) is 4.25. The summed E-state index contributed by atoms with van der Waals surface area (Å²) in [7, 11) is 3.45. The van der Waals surface area contributed by atoms with Crippen LogP contribution in [0.5, 0.6) is 0 Å². The number of guanidine groups is 1. The highest BCUT2D eigenvalue weighted by Crippen LogP contribution is 2.20. The number of nitrogens with one attached hydrogen (secondary N) is 1. The molecule has 1 fully saturated rings. The Morgan fingerprint density at radius 1 is 1.41 bits per heavy atom. The van der Waals surface area contributed by atoms with Gasteiger partial charge in [-0.05, 0) is 18.6 Å². The monoisotopic (exact) mass is 535 g/mol. The van der Waals surface area contributed by atoms with Crippen molar-refractivity contribution in [2.45, 2.75) is 13.0 Å². The molecule has 1 atom stereocenters. The predicted molar refractivity (Wildman–Crippen MR) is 123 cm³/mol. The number of likely N-dealkylation sites (tertiary alicyclic amines) is 1. The van der Waals surface area contributed by atoms with E-state index in [0.29, 0.717) is 42.4 Å². The number of hydrogen-bond acceptors (Lipinski definition) is 6. The van der Waals surface area contributed by atoms with E-state index >= 15 is 0 Å². The van der Waals surface area contributed by atoms with Gasteiger partial charge in [-0.25, -0.2) is 0 Å². The third-order valence-electron chi connectivity index (χ3n) is 4.53. The molecule has 8 nitrogen and oxygen atoms in total. The zero-order valence-electron chi connectivity index (χ0n) is 16.6. The highest BCUT2D eigenvalue weighted by molar-refractivity contribution is 14.0. The van der Waals surface area contributed by atoms with E-state index < -0.39 is 0 Å². The summed E-state index contributed by atoms with van der Waals surface area (Å²) in [6, 6.07) is 7.37. The first-order valence-corrected chi connectivity index (χ1v) is 9.68. The number of halogens is 2. The molecule has 29 heavy (non-hydrogen) atoms. The Kier molecular flexibility index (Phi) is 10.1. The summed E-state index contributed by atoms with van der Waals surface area (Å²) < 4.78 is 16.0. The molecule has 0 amide bonds. The Morgan fingerprint density at radius 3 is 3.03 bits per heavy atom. The van der Waals surface area contributed by atoms with E-state index in [-0.39, 0.29) is 24.0 Å². The second-order valence-electron chi connectivity index (χ2n) is 6.59. The molecule has 1 saturated heterocycles. The van der Waals surface area contributed by atoms with E-state index in [4.69, 9.17) is 25.6 Å². The maximum absolute atomic E-state index is 6.02. The molecule has 0 bridgehead atoms. The maximum atomic E-state index is 6.02. The lowest BCUT2D eigenvalue weighted by Gasteiger charge is -2.21. The van der Waals surface area contributed by atoms with Gasteiger partial charge < -0.3 is 24.2 Å². The average molecular weight is 536 g/mol. The molecule has 160 valence electrons. The molecular formula is C19H27ClIN5O3. The first-order valence-electron chi connectivity index (χ1n) is 9.30. The highest BCUT2D eigenvalue weighted by atomic mass is 127. The molecule has 0 saturated carbocycles. The van der Waals surface area contributed by atoms with E-state index in [2.05, 4.69) is 25.3 Å². The molecule has 10 heteroatoms. The number of aromatic nitrogens is 2. The fourth-order valence-electron chi connectivity index (χ4n) is 3.11. The summed E-state index contributed by atoms with van der Waals surface area (Å²) in [5.41, 5.74) is 0.822. The van der Waals surface area contributed by atoms with Gasteiger partial charge in [-0.1, -0.05) is 28.9 Å². The molecule has 1 unspecified atom stereocenters. The second kappa shape index (κ2) is 12.3. The third-order valence-corrected chi connectivity index (χ3v) is 4.77. The van der Waals surface area contributed by atoms with Crippen LogP contribution in [0.25, 0.3) is 11.4 Å². The molecule has 3 rings (SSSR count). The Bertz CT molecular complexity index is 789. The zero-order valence-corrected chi connectivity index (χ0v) is 19.7. The second-order valence-corrected chi connectivity index (χ2v) is 7.03. The van der Waals surface area contributed by atoms with Crippen molar-refractivity contribution in [3.8, 4) is 11.4 Å². The van der Waals surface area contributed by atoms with Crippen LogP contribution in [0.2, 0.25) is 5.02 Å². The fourth-order valence-corrected chi connectivity index (χ4v) is 3.30. The number of ether oxygens (including phenoxy) is 2. The first kappa shape index (κ1) is 23.8. The molecule has 1 aromatic heterocycles. The summed E-state index contributed by atoms with van der Waals surface area (Å²) >= 11 is 6.02. The van der Waals surface area contributed by atoms with Crippen molar-refractivity contribution in [3.63, 3.8) is 0 Å². The lowest BCUT2D eigenvalue weighted by molar-refractivity contribution is 0.0536. The first-order chi connectivity index (χ1) is 13.7. The summed E-state index contributed by atoms with van der Waals surface area (Å²) in [4.78, 5) is 11.0. The quantitative estimate of drug-likeness (QED) is 0.241. The van der Waals surface area contributed by atoms with Crippen molar-refractivity contribution in [1.82, 2.24) is 20.4 Å². The van der Waals surface area contributed by atoms with E-state index in [1.165, 1.54) is 0 Å². The van der Waals surface area contributed by atoms with Gasteiger partial charge in [-0.15, -0.1) is 24.0 Å². The van der Waals surface area contributed by atoms with Crippen molar-refractivity contribution in [3.05, 3.63) is 35.2 Å². The number of benzene rings is 1. The van der Waals surface area contributed by atoms with Crippen molar-refractivity contribution < 1.29 is 14.0 Å². The van der Waals surface area contributed by atoms with Crippen molar-refractivity contribution in [2.75, 3.05) is 47.1 Å². The van der Waals surface area contributed by atoms with Crippen molar-refractivity contribution >= 4 is 41.5 Å². The standard InChI is InChI=1S/C19H26ClN5O3.HI/c1-21-19(25-7-6-14(12-25)13-27-9-8-26-2)22-11-17-23-18(24-28-17)15-4-3-5-16(20)10-15;/h3-5,10,14H,6-9,11-13H2,1-2H3,(H,21,22);1H. The molecule has 1 N–H and O–H groups in total. The smallest absolute Gasteiger partial charge is 0.246 e. The number of nitrogens with zero attached hydrogens (tertiary/aromatic N) is 4. The van der Waals surface area contributed by atoms with Crippen molar-refractivity contribution in [2.24, 2.45) is 10.9 Å². The van der Waals surface area contributed by atoms with Gasteiger partial charge in [0, 0.05) is 43.8 Å². The normalized spacial score (nSPS) is 16.7. The number of methoxy groups -OCH3 is 1. The van der Waals surface area contributed by atoms with Crippen LogP contribution in [-0.2, 0) is 16.0 Å². The minimum absolute atomic E-state index is 0. The number of aliphatic imine (C=N–C) groups is 1. The van der Waals surface area contributed by atoms with Gasteiger partial charge in [0.2, 0.25) is 11.7 Å². The predicted octanol–water partition coefficient (Wildman–Crippen LogP) is 3.07. The summed E-state index contributed by atoms with van der Waals surface area (Å²) in [5, 5.41) is 7.95. The van der Waals surface area contributed by atoms with E-state index in [0.717, 1.165) is 37.6 Å². The van der Waals surface area contributed by atoms with Crippen molar-refractivity contribution in [1.29, 1.82) is 0 Å². The van der Waals surface area contributed by atoms with Crippen LogP contribution >= 0.6 is 35.6 Å². The Labute approximate surface area is 193 Å². The number of rotatable bonds is 8. The molecule has 0 radical (unpaired) electrons. The van der Waals surface area contributed by atoms with Gasteiger partial charge in [-0.3, -0.25) is 4.99 Å². The van der Waals surface area contributed by atoms with Gasteiger partial charge in [0.05, 0.1) is 26.4 Å². The molecule has 1 aliphatic heterocycles. The molecular weight excluding hydrogens is 509 g/mol. The zero-order chi connectivity index (χ0) is 19.8. The van der Waals surface area contributed by atoms with Crippen LogP contribution < -0.4 is 5.32 Å². The average Bonchev–Trinajstić information content (AvgIpc) is 3.36. The van der Waals surface area contributed by atoms with E-state index in [1.54, 1.807) is 14.2 Å². The minimum atomic E-state index is 0. The Morgan fingerprint density at radius 2 is 2.28 bits per heavy atom. The number of hydrogen-bond donors (Lipinski definition) is 1. The van der Waals surface area contributed by atoms with Gasteiger partial charge in [-0.2, -0.15) is 4.98 Å². The van der Waals surface area contributed by atoms with Crippen LogP contribution in [0.3, 0.4) is 0 Å². The molecule has 2 aromatic rings. The van der Waals surface area contributed by atoms with Gasteiger partial charge >= 0.3 is 0 Å². The van der Waals surface area contributed by atoms with Crippen LogP contribution in [0, 0.1) is 5.92 Å². The molecule has 0 aliphatic carbocycles. The highest BCUT2D eigenvalue weighted by Gasteiger charge is 2.25. The molecule has 1 aromatic carbocycles. The van der Waals surface area contributed by atoms with E-state index in [9.17, 15) is 0 Å². The lowest BCUT2D eigenvalue weighted by atomic mass is 10.1. The van der Waals surface area contributed by atoms with Gasteiger partial charge in [0.15, 0.2) is 5.96 Å². The van der Waals surface area contributed by atoms with Crippen LogP contribution in [0.4, 0.5) is 0 Å². The van der Waals surface area contributed by atoms with Gasteiger partial charge in [0.1, 0.15) is 0 Å². The van der Waals surface area contributed by atoms with Gasteiger partial charge in [0.25, 0.3) is 0 Å². The van der Waals surface area contributed by atoms with Crippen LogP contribution in [-0.4, -0.2) is 68.1 Å². The molecule has 2 heterocycles. The van der Waals surface area contributed by atoms with Crippen LogP contribution in [0.1, 0.15) is 12.3 Å². The molecule has 0 spiro atoms. The molecule has 1 aliphatic rings. The SMILES string of the molecule is CN=C(NCc1nc(-c2cccc(Cl)c2)no1)N1CCC(COCCOC)C1.I. The third kappa shape index (κ3) is 7.09. The largest absolute Gasteiger partial charge is 0.382 e. The van der Waals surface area contributed by atoms with E-state index in [1.807, 2.05) is 24.3 Å². The maximum Gasteiger partial charge on any atom is 0.246 e.